The van der Waals surface area contributed by atoms with Gasteiger partial charge >= 0.3 is 0 Å². The van der Waals surface area contributed by atoms with E-state index in [1.165, 1.54) is 0 Å². The Labute approximate surface area is 85.0 Å². The monoisotopic (exact) mass is 189 g/mol. The van der Waals surface area contributed by atoms with E-state index in [1.807, 2.05) is 44.1 Å². The van der Waals surface area contributed by atoms with Crippen LogP contribution in [0.1, 0.15) is 19.4 Å². The van der Waals surface area contributed by atoms with E-state index in [2.05, 4.69) is 11.1 Å². The summed E-state index contributed by atoms with van der Waals surface area (Å²) in [5, 5.41) is 8.94. The zero-order valence-electron chi connectivity index (χ0n) is 8.86. The summed E-state index contributed by atoms with van der Waals surface area (Å²) in [6.07, 6.45) is 3.57. The maximum absolute atomic E-state index is 8.94. The second-order valence-corrected chi connectivity index (χ2v) is 3.89. The van der Waals surface area contributed by atoms with Gasteiger partial charge in [0.15, 0.2) is 0 Å². The first-order valence-electron chi connectivity index (χ1n) is 4.57. The first-order chi connectivity index (χ1) is 6.56. The predicted molar refractivity (Wildman–Crippen MR) is 55.4 cm³/mol. The molecule has 0 unspecified atom stereocenters. The molecule has 74 valence electrons. The highest BCUT2D eigenvalue weighted by Gasteiger charge is 2.22. The Hall–Kier alpha value is -1.40. The summed E-state index contributed by atoms with van der Waals surface area (Å²) in [4.78, 5) is 6.04. The van der Waals surface area contributed by atoms with Crippen LogP contribution in [0, 0.1) is 11.3 Å². The van der Waals surface area contributed by atoms with Crippen molar-refractivity contribution in [2.24, 2.45) is 0 Å². The molecule has 0 aromatic carbocycles. The molecule has 0 N–H and O–H groups in total. The molecule has 0 amide bonds. The molecule has 14 heavy (non-hydrogen) atoms. The minimum absolute atomic E-state index is 0.435. The van der Waals surface area contributed by atoms with Gasteiger partial charge in [-0.2, -0.15) is 5.26 Å². The van der Waals surface area contributed by atoms with Gasteiger partial charge in [-0.25, -0.2) is 0 Å². The highest BCUT2D eigenvalue weighted by atomic mass is 15.2. The average molecular weight is 189 g/mol. The van der Waals surface area contributed by atoms with E-state index in [0.717, 1.165) is 12.1 Å². The van der Waals surface area contributed by atoms with Crippen LogP contribution in [0.3, 0.4) is 0 Å². The van der Waals surface area contributed by atoms with Gasteiger partial charge in [0.25, 0.3) is 0 Å². The largest absolute Gasteiger partial charge is 0.285 e. The van der Waals surface area contributed by atoms with E-state index in [-0.39, 0.29) is 0 Å². The number of nitriles is 1. The van der Waals surface area contributed by atoms with Gasteiger partial charge in [0.1, 0.15) is 5.54 Å². The third-order valence-electron chi connectivity index (χ3n) is 2.37. The van der Waals surface area contributed by atoms with Gasteiger partial charge in [-0.3, -0.25) is 9.88 Å². The molecular weight excluding hydrogens is 174 g/mol. The van der Waals surface area contributed by atoms with Crippen LogP contribution in [0.15, 0.2) is 24.5 Å². The topological polar surface area (TPSA) is 39.9 Å². The van der Waals surface area contributed by atoms with E-state index in [1.54, 1.807) is 6.20 Å². The highest BCUT2D eigenvalue weighted by Crippen LogP contribution is 2.13. The highest BCUT2D eigenvalue weighted by molar-refractivity contribution is 5.10. The van der Waals surface area contributed by atoms with Crippen LogP contribution >= 0.6 is 0 Å². The summed E-state index contributed by atoms with van der Waals surface area (Å²) in [5.74, 6) is 0. The summed E-state index contributed by atoms with van der Waals surface area (Å²) in [6.45, 7) is 4.56. The first-order valence-corrected chi connectivity index (χ1v) is 4.57. The molecule has 0 spiro atoms. The molecule has 0 aliphatic rings. The fourth-order valence-corrected chi connectivity index (χ4v) is 1.05. The molecule has 1 heterocycles. The summed E-state index contributed by atoms with van der Waals surface area (Å²) in [7, 11) is 1.94. The third-order valence-corrected chi connectivity index (χ3v) is 2.37. The summed E-state index contributed by atoms with van der Waals surface area (Å²) in [6, 6.07) is 6.18. The van der Waals surface area contributed by atoms with Gasteiger partial charge in [0, 0.05) is 18.9 Å². The van der Waals surface area contributed by atoms with Crippen LogP contribution in [0.2, 0.25) is 0 Å². The lowest BCUT2D eigenvalue weighted by Gasteiger charge is -2.28. The van der Waals surface area contributed by atoms with Crippen molar-refractivity contribution >= 4 is 0 Å². The quantitative estimate of drug-likeness (QED) is 0.728. The van der Waals surface area contributed by atoms with Gasteiger partial charge in [-0.15, -0.1) is 0 Å². The Morgan fingerprint density at radius 3 is 2.79 bits per heavy atom. The molecule has 0 bridgehead atoms. The van der Waals surface area contributed by atoms with Gasteiger partial charge in [0.05, 0.1) is 6.07 Å². The molecule has 0 saturated carbocycles. The molecular formula is C11H15N3. The van der Waals surface area contributed by atoms with Crippen LogP contribution in [0.4, 0.5) is 0 Å². The van der Waals surface area contributed by atoms with Crippen molar-refractivity contribution in [3.05, 3.63) is 30.1 Å². The Morgan fingerprint density at radius 2 is 2.29 bits per heavy atom. The van der Waals surface area contributed by atoms with E-state index >= 15 is 0 Å². The van der Waals surface area contributed by atoms with Gasteiger partial charge in [-0.05, 0) is 32.5 Å². The van der Waals surface area contributed by atoms with Crippen LogP contribution < -0.4 is 0 Å². The first kappa shape index (κ1) is 10.7. The molecule has 1 rings (SSSR count). The second-order valence-electron chi connectivity index (χ2n) is 3.89. The zero-order valence-corrected chi connectivity index (χ0v) is 8.86. The summed E-state index contributed by atoms with van der Waals surface area (Å²) in [5.41, 5.74) is 0.689. The number of hydrogen-bond donors (Lipinski definition) is 0. The van der Waals surface area contributed by atoms with Crippen molar-refractivity contribution in [2.75, 3.05) is 7.05 Å². The summed E-state index contributed by atoms with van der Waals surface area (Å²) < 4.78 is 0. The van der Waals surface area contributed by atoms with E-state index in [4.69, 9.17) is 5.26 Å². The van der Waals surface area contributed by atoms with E-state index in [9.17, 15) is 0 Å². The molecule has 0 atom stereocenters. The number of rotatable bonds is 3. The zero-order chi connectivity index (χ0) is 10.6. The second kappa shape index (κ2) is 4.21. The van der Waals surface area contributed by atoms with E-state index in [0.29, 0.717) is 0 Å². The fourth-order valence-electron chi connectivity index (χ4n) is 1.05. The molecule has 3 heteroatoms. The fraction of sp³-hybridized carbons (Fsp3) is 0.455. The molecule has 0 radical (unpaired) electrons. The van der Waals surface area contributed by atoms with Crippen LogP contribution in [-0.2, 0) is 6.54 Å². The molecule has 1 aromatic rings. The molecule has 0 aliphatic carbocycles. The Bertz CT molecular complexity index is 324. The van der Waals surface area contributed by atoms with Crippen molar-refractivity contribution in [1.29, 1.82) is 5.26 Å². The van der Waals surface area contributed by atoms with E-state index < -0.39 is 5.54 Å². The number of nitrogens with zero attached hydrogens (tertiary/aromatic N) is 3. The normalized spacial score (nSPS) is 11.4. The molecule has 3 nitrogen and oxygen atoms in total. The lowest BCUT2D eigenvalue weighted by Crippen LogP contribution is -2.38. The predicted octanol–water partition coefficient (Wildman–Crippen LogP) is 1.82. The molecule has 0 fully saturated rings. The van der Waals surface area contributed by atoms with Gasteiger partial charge in [-0.1, -0.05) is 6.07 Å². The van der Waals surface area contributed by atoms with Crippen molar-refractivity contribution < 1.29 is 0 Å². The van der Waals surface area contributed by atoms with Crippen molar-refractivity contribution in [1.82, 2.24) is 9.88 Å². The van der Waals surface area contributed by atoms with Crippen molar-refractivity contribution in [2.45, 2.75) is 25.9 Å². The minimum Gasteiger partial charge on any atom is -0.285 e. The number of aromatic nitrogens is 1. The third kappa shape index (κ3) is 2.54. The summed E-state index contributed by atoms with van der Waals surface area (Å²) >= 11 is 0. The Kier molecular flexibility index (Phi) is 3.21. The maximum atomic E-state index is 8.94. The van der Waals surface area contributed by atoms with Crippen LogP contribution in [0.25, 0.3) is 0 Å². The SMILES string of the molecule is CN(Cc1cccnc1)C(C)(C)C#N. The average Bonchev–Trinajstić information content (AvgIpc) is 2.19. The molecule has 1 aromatic heterocycles. The van der Waals surface area contributed by atoms with Crippen LogP contribution in [-0.4, -0.2) is 22.5 Å². The van der Waals surface area contributed by atoms with Crippen molar-refractivity contribution in [3.63, 3.8) is 0 Å². The number of pyridine rings is 1. The van der Waals surface area contributed by atoms with Crippen LogP contribution in [0.5, 0.6) is 0 Å². The maximum Gasteiger partial charge on any atom is 0.103 e. The molecule has 0 saturated heterocycles. The lowest BCUT2D eigenvalue weighted by atomic mass is 10.1. The lowest BCUT2D eigenvalue weighted by molar-refractivity contribution is 0.202. The smallest absolute Gasteiger partial charge is 0.103 e. The van der Waals surface area contributed by atoms with Gasteiger partial charge < -0.3 is 0 Å². The standard InChI is InChI=1S/C11H15N3/c1-11(2,9-12)14(3)8-10-5-4-6-13-7-10/h4-7H,8H2,1-3H3. The van der Waals surface area contributed by atoms with Crippen molar-refractivity contribution in [3.8, 4) is 6.07 Å². The Morgan fingerprint density at radius 1 is 1.57 bits per heavy atom. The number of hydrogen-bond acceptors (Lipinski definition) is 3. The van der Waals surface area contributed by atoms with Gasteiger partial charge in [0.2, 0.25) is 0 Å². The minimum atomic E-state index is -0.435. The molecule has 0 aliphatic heterocycles. The Balaban J connectivity index is 2.68.